The van der Waals surface area contributed by atoms with E-state index in [1.54, 1.807) is 5.12 Å². The van der Waals surface area contributed by atoms with Gasteiger partial charge < -0.3 is 0 Å². The van der Waals surface area contributed by atoms with Crippen molar-refractivity contribution in [3.05, 3.63) is 0 Å². The summed E-state index contributed by atoms with van der Waals surface area (Å²) >= 11 is 0. The smallest absolute Gasteiger partial charge is 0.0317 e. The molecule has 1 unspecified atom stereocenters. The van der Waals surface area contributed by atoms with E-state index in [1.807, 2.05) is 12.2 Å². The first-order chi connectivity index (χ1) is 5.66. The summed E-state index contributed by atoms with van der Waals surface area (Å²) in [4.78, 5) is 0. The molecule has 1 saturated heterocycles. The second-order valence-corrected chi connectivity index (χ2v) is 3.46. The quantitative estimate of drug-likeness (QED) is 0.613. The van der Waals surface area contributed by atoms with Crippen molar-refractivity contribution in [2.75, 3.05) is 20.6 Å². The summed E-state index contributed by atoms with van der Waals surface area (Å²) in [5.74, 6) is 5.74. The van der Waals surface area contributed by atoms with Gasteiger partial charge in [0.15, 0.2) is 0 Å². The van der Waals surface area contributed by atoms with Crippen molar-refractivity contribution < 1.29 is 0 Å². The van der Waals surface area contributed by atoms with Crippen molar-refractivity contribution in [3.8, 4) is 0 Å². The molecule has 1 aliphatic heterocycles. The number of nitrogens with two attached hydrogens (primary N) is 1. The summed E-state index contributed by atoms with van der Waals surface area (Å²) in [5, 5.41) is 5.96. The van der Waals surface area contributed by atoms with E-state index < -0.39 is 0 Å². The Kier molecular flexibility index (Phi) is 3.46. The predicted octanol–water partition coefficient (Wildman–Crippen LogP) is 0.428. The monoisotopic (exact) mass is 172 g/mol. The Hall–Kier alpha value is -0.160. The Bertz CT molecular complexity index is 139. The van der Waals surface area contributed by atoms with E-state index in [0.717, 1.165) is 6.54 Å². The van der Waals surface area contributed by atoms with Crippen LogP contribution in [0, 0.1) is 0 Å². The predicted molar refractivity (Wildman–Crippen MR) is 49.7 cm³/mol. The van der Waals surface area contributed by atoms with Gasteiger partial charge in [-0.05, 0) is 12.8 Å². The van der Waals surface area contributed by atoms with Gasteiger partial charge in [-0.2, -0.15) is 10.2 Å². The number of rotatable bonds is 2. The van der Waals surface area contributed by atoms with E-state index in [0.29, 0.717) is 6.04 Å². The topological polar surface area (TPSA) is 35.7 Å². The molecule has 1 aliphatic rings. The minimum absolute atomic E-state index is 0.666. The fourth-order valence-corrected chi connectivity index (χ4v) is 1.69. The van der Waals surface area contributed by atoms with Crippen LogP contribution in [0.15, 0.2) is 0 Å². The number of hydrazine groups is 3. The van der Waals surface area contributed by atoms with E-state index in [-0.39, 0.29) is 0 Å². The summed E-state index contributed by atoms with van der Waals surface area (Å²) in [6.07, 6.45) is 3.67. The molecule has 0 aromatic rings. The van der Waals surface area contributed by atoms with Crippen LogP contribution in [0.2, 0.25) is 0 Å². The first-order valence-electron chi connectivity index (χ1n) is 4.65. The number of hydrogen-bond acceptors (Lipinski definition) is 4. The summed E-state index contributed by atoms with van der Waals surface area (Å²) in [6.45, 7) is 3.19. The first kappa shape index (κ1) is 9.92. The van der Waals surface area contributed by atoms with Gasteiger partial charge in [-0.1, -0.05) is 13.3 Å². The van der Waals surface area contributed by atoms with Gasteiger partial charge in [0, 0.05) is 26.7 Å². The van der Waals surface area contributed by atoms with Crippen LogP contribution in [-0.4, -0.2) is 41.9 Å². The Morgan fingerprint density at radius 1 is 1.42 bits per heavy atom. The summed E-state index contributed by atoms with van der Waals surface area (Å²) < 4.78 is 0. The third kappa shape index (κ3) is 1.95. The molecule has 1 atom stereocenters. The average molecular weight is 172 g/mol. The van der Waals surface area contributed by atoms with Gasteiger partial charge in [0.05, 0.1) is 0 Å². The SMILES string of the molecule is CCCC1CCN(N)N(C)N1C. The van der Waals surface area contributed by atoms with Crippen LogP contribution >= 0.6 is 0 Å². The Balaban J connectivity index is 2.46. The molecule has 0 aliphatic carbocycles. The van der Waals surface area contributed by atoms with Crippen molar-refractivity contribution in [2.45, 2.75) is 32.2 Å². The molecule has 4 nitrogen and oxygen atoms in total. The van der Waals surface area contributed by atoms with Crippen LogP contribution in [0.3, 0.4) is 0 Å². The van der Waals surface area contributed by atoms with E-state index in [4.69, 9.17) is 5.84 Å². The minimum Gasteiger partial charge on any atom is -0.254 e. The highest BCUT2D eigenvalue weighted by Gasteiger charge is 2.25. The van der Waals surface area contributed by atoms with Gasteiger partial charge in [0.2, 0.25) is 0 Å². The molecule has 0 aromatic carbocycles. The Morgan fingerprint density at radius 3 is 2.67 bits per heavy atom. The molecule has 0 amide bonds. The molecule has 0 spiro atoms. The van der Waals surface area contributed by atoms with Gasteiger partial charge >= 0.3 is 0 Å². The molecule has 4 heteroatoms. The molecular weight excluding hydrogens is 152 g/mol. The summed E-state index contributed by atoms with van der Waals surface area (Å²) in [5.41, 5.74) is 0. The van der Waals surface area contributed by atoms with Crippen LogP contribution < -0.4 is 5.84 Å². The molecule has 1 fully saturated rings. The number of hydrogen-bond donors (Lipinski definition) is 1. The Labute approximate surface area is 74.8 Å². The van der Waals surface area contributed by atoms with E-state index in [9.17, 15) is 0 Å². The lowest BCUT2D eigenvalue weighted by Gasteiger charge is -2.44. The molecule has 12 heavy (non-hydrogen) atoms. The van der Waals surface area contributed by atoms with Gasteiger partial charge in [-0.25, -0.2) is 5.01 Å². The molecule has 0 radical (unpaired) electrons. The van der Waals surface area contributed by atoms with Crippen molar-refractivity contribution >= 4 is 0 Å². The van der Waals surface area contributed by atoms with Crippen LogP contribution in [0.25, 0.3) is 0 Å². The Morgan fingerprint density at radius 2 is 2.08 bits per heavy atom. The second kappa shape index (κ2) is 4.18. The van der Waals surface area contributed by atoms with Gasteiger partial charge in [0.1, 0.15) is 0 Å². The lowest BCUT2D eigenvalue weighted by Crippen LogP contribution is -2.61. The van der Waals surface area contributed by atoms with Gasteiger partial charge in [-0.3, -0.25) is 5.84 Å². The van der Waals surface area contributed by atoms with Crippen LogP contribution in [-0.2, 0) is 0 Å². The van der Waals surface area contributed by atoms with Crippen molar-refractivity contribution in [1.82, 2.24) is 15.2 Å². The molecule has 72 valence electrons. The van der Waals surface area contributed by atoms with Crippen LogP contribution in [0.4, 0.5) is 0 Å². The van der Waals surface area contributed by atoms with Crippen LogP contribution in [0.1, 0.15) is 26.2 Å². The highest BCUT2D eigenvalue weighted by molar-refractivity contribution is 4.70. The fraction of sp³-hybridized carbons (Fsp3) is 1.00. The molecule has 0 bridgehead atoms. The van der Waals surface area contributed by atoms with E-state index in [1.165, 1.54) is 19.3 Å². The molecule has 1 heterocycles. The first-order valence-corrected chi connectivity index (χ1v) is 4.65. The largest absolute Gasteiger partial charge is 0.254 e. The van der Waals surface area contributed by atoms with E-state index >= 15 is 0 Å². The highest BCUT2D eigenvalue weighted by Crippen LogP contribution is 2.16. The highest BCUT2D eigenvalue weighted by atomic mass is 15.9. The molecule has 2 N–H and O–H groups in total. The van der Waals surface area contributed by atoms with Gasteiger partial charge in [0.25, 0.3) is 0 Å². The lowest BCUT2D eigenvalue weighted by molar-refractivity contribution is -0.207. The minimum atomic E-state index is 0.666. The maximum atomic E-state index is 5.74. The summed E-state index contributed by atoms with van der Waals surface area (Å²) in [6, 6.07) is 0.666. The third-order valence-corrected chi connectivity index (χ3v) is 2.67. The summed E-state index contributed by atoms with van der Waals surface area (Å²) in [7, 11) is 4.10. The molecule has 0 aromatic heterocycles. The number of nitrogens with zero attached hydrogens (tertiary/aromatic N) is 3. The fourth-order valence-electron chi connectivity index (χ4n) is 1.69. The maximum absolute atomic E-state index is 5.74. The maximum Gasteiger partial charge on any atom is 0.0317 e. The molecular formula is C8H20N4. The second-order valence-electron chi connectivity index (χ2n) is 3.46. The van der Waals surface area contributed by atoms with Crippen molar-refractivity contribution in [3.63, 3.8) is 0 Å². The standard InChI is InChI=1S/C8H20N4/c1-4-5-8-6-7-12(9)11(3)10(8)2/h8H,4-7,9H2,1-3H3. The van der Waals surface area contributed by atoms with E-state index in [2.05, 4.69) is 19.0 Å². The third-order valence-electron chi connectivity index (χ3n) is 2.67. The van der Waals surface area contributed by atoms with Crippen LogP contribution in [0.5, 0.6) is 0 Å². The zero-order valence-corrected chi connectivity index (χ0v) is 8.32. The van der Waals surface area contributed by atoms with Crippen molar-refractivity contribution in [1.29, 1.82) is 0 Å². The van der Waals surface area contributed by atoms with Crippen molar-refractivity contribution in [2.24, 2.45) is 5.84 Å². The normalized spacial score (nSPS) is 29.5. The lowest BCUT2D eigenvalue weighted by atomic mass is 10.1. The zero-order chi connectivity index (χ0) is 9.14. The zero-order valence-electron chi connectivity index (χ0n) is 8.32. The molecule has 0 saturated carbocycles. The molecule has 1 rings (SSSR count). The average Bonchev–Trinajstić information content (AvgIpc) is 2.07. The van der Waals surface area contributed by atoms with Gasteiger partial charge in [-0.15, -0.1) is 0 Å².